The number of aromatic nitrogens is 3. The van der Waals surface area contributed by atoms with Crippen LogP contribution in [0.5, 0.6) is 0 Å². The average Bonchev–Trinajstić information content (AvgIpc) is 3.10. The number of nitrogens with zero attached hydrogens (tertiary/aromatic N) is 5. The molecule has 1 saturated heterocycles. The van der Waals surface area contributed by atoms with E-state index < -0.39 is 0 Å². The molecule has 0 amide bonds. The molecule has 2 fully saturated rings. The summed E-state index contributed by atoms with van der Waals surface area (Å²) in [4.78, 5) is 5.14. The Morgan fingerprint density at radius 2 is 1.77 bits per heavy atom. The van der Waals surface area contributed by atoms with Crippen LogP contribution in [0.25, 0.3) is 5.69 Å². The summed E-state index contributed by atoms with van der Waals surface area (Å²) in [6.07, 6.45) is 6.62. The number of benzene rings is 1. The fourth-order valence-electron chi connectivity index (χ4n) is 5.50. The molecule has 0 radical (unpaired) electrons. The van der Waals surface area contributed by atoms with Gasteiger partial charge in [0.1, 0.15) is 11.6 Å². The van der Waals surface area contributed by atoms with Gasteiger partial charge in [-0.15, -0.1) is 10.2 Å². The molecule has 162 valence electrons. The first-order chi connectivity index (χ1) is 14.6. The lowest BCUT2D eigenvalue weighted by molar-refractivity contribution is 0.0871. The zero-order valence-electron chi connectivity index (χ0n) is 18.1. The third kappa shape index (κ3) is 3.91. The van der Waals surface area contributed by atoms with Crippen molar-refractivity contribution in [2.24, 2.45) is 0 Å². The van der Waals surface area contributed by atoms with Crippen LogP contribution in [0.3, 0.4) is 0 Å². The number of hydrogen-bond donors (Lipinski definition) is 0. The Bertz CT molecular complexity index is 884. The zero-order chi connectivity index (χ0) is 20.7. The molecule has 0 spiro atoms. The van der Waals surface area contributed by atoms with Gasteiger partial charge in [-0.25, -0.2) is 0 Å². The Hall–Kier alpha value is -1.47. The smallest absolute Gasteiger partial charge is 0.140 e. The van der Waals surface area contributed by atoms with Gasteiger partial charge in [-0.3, -0.25) is 9.47 Å². The minimum atomic E-state index is 0.105. The Labute approximate surface area is 184 Å². The largest absolute Gasteiger partial charge is 0.381 e. The third-order valence-corrected chi connectivity index (χ3v) is 7.58. The SMILES string of the molecule is COC1Cc2cc(Cl)ccc2-n2c(nnc2[C@H]2CC[C@H](N3CCN(C)CC3)CC2)C1. The molecular weight excluding hydrogens is 398 g/mol. The van der Waals surface area contributed by atoms with Crippen molar-refractivity contribution in [1.29, 1.82) is 0 Å². The van der Waals surface area contributed by atoms with Gasteiger partial charge in [0.2, 0.25) is 0 Å². The Kier molecular flexibility index (Phi) is 5.84. The molecule has 7 heteroatoms. The minimum absolute atomic E-state index is 0.105. The molecule has 1 aliphatic carbocycles. The van der Waals surface area contributed by atoms with Crippen LogP contribution in [-0.4, -0.2) is 77.0 Å². The van der Waals surface area contributed by atoms with E-state index in [1.54, 1.807) is 7.11 Å². The fraction of sp³-hybridized carbons (Fsp3) is 0.652. The van der Waals surface area contributed by atoms with Gasteiger partial charge in [0, 0.05) is 63.1 Å². The van der Waals surface area contributed by atoms with E-state index in [1.165, 1.54) is 63.1 Å². The maximum absolute atomic E-state index is 6.32. The summed E-state index contributed by atoms with van der Waals surface area (Å²) in [6.45, 7) is 4.80. The maximum atomic E-state index is 6.32. The lowest BCUT2D eigenvalue weighted by Gasteiger charge is -2.41. The standard InChI is InChI=1S/C23H32ClN5O/c1-27-9-11-28(12-10-27)19-6-3-16(4-7-19)23-26-25-22-15-20(30-2)14-17-13-18(24)5-8-21(17)29(22)23/h5,8,13,16,19-20H,3-4,6-7,9-12,14-15H2,1-2H3/t16-,19-,20?. The summed E-state index contributed by atoms with van der Waals surface area (Å²) in [7, 11) is 4.01. The average molecular weight is 430 g/mol. The van der Waals surface area contributed by atoms with Crippen LogP contribution in [0.15, 0.2) is 18.2 Å². The van der Waals surface area contributed by atoms with Crippen molar-refractivity contribution < 1.29 is 4.74 Å². The van der Waals surface area contributed by atoms with Gasteiger partial charge in [0.05, 0.1) is 11.8 Å². The van der Waals surface area contributed by atoms with E-state index in [0.717, 1.165) is 35.6 Å². The Morgan fingerprint density at radius 3 is 2.50 bits per heavy atom. The van der Waals surface area contributed by atoms with Gasteiger partial charge in [-0.2, -0.15) is 0 Å². The van der Waals surface area contributed by atoms with E-state index >= 15 is 0 Å². The third-order valence-electron chi connectivity index (χ3n) is 7.34. The van der Waals surface area contributed by atoms with E-state index in [-0.39, 0.29) is 6.10 Å². The molecule has 2 aromatic rings. The predicted molar refractivity (Wildman–Crippen MR) is 119 cm³/mol. The molecule has 3 aliphatic rings. The van der Waals surface area contributed by atoms with Gasteiger partial charge < -0.3 is 9.64 Å². The van der Waals surface area contributed by atoms with Crippen LogP contribution in [-0.2, 0) is 17.6 Å². The molecule has 1 atom stereocenters. The Balaban J connectivity index is 1.38. The van der Waals surface area contributed by atoms with Crippen LogP contribution in [0, 0.1) is 0 Å². The van der Waals surface area contributed by atoms with Crippen molar-refractivity contribution in [1.82, 2.24) is 24.6 Å². The lowest BCUT2D eigenvalue weighted by atomic mass is 9.84. The molecular formula is C23H32ClN5O. The van der Waals surface area contributed by atoms with Crippen molar-refractivity contribution in [3.63, 3.8) is 0 Å². The molecule has 1 unspecified atom stereocenters. The molecule has 2 aliphatic heterocycles. The summed E-state index contributed by atoms with van der Waals surface area (Å²) < 4.78 is 8.05. The van der Waals surface area contributed by atoms with E-state index in [4.69, 9.17) is 21.4 Å². The molecule has 6 nitrogen and oxygen atoms in total. The first kappa shape index (κ1) is 20.4. The highest BCUT2D eigenvalue weighted by Gasteiger charge is 2.33. The zero-order valence-corrected chi connectivity index (χ0v) is 18.8. The second kappa shape index (κ2) is 8.58. The van der Waals surface area contributed by atoms with Crippen LogP contribution < -0.4 is 0 Å². The molecule has 5 rings (SSSR count). The Morgan fingerprint density at radius 1 is 1.00 bits per heavy atom. The fourth-order valence-corrected chi connectivity index (χ4v) is 5.69. The number of fused-ring (bicyclic) bond motifs is 3. The van der Waals surface area contributed by atoms with Crippen molar-refractivity contribution in [2.45, 2.75) is 56.6 Å². The van der Waals surface area contributed by atoms with Gasteiger partial charge in [0.15, 0.2) is 0 Å². The van der Waals surface area contributed by atoms with Crippen LogP contribution in [0.4, 0.5) is 0 Å². The number of rotatable bonds is 3. The number of ether oxygens (including phenoxy) is 1. The van der Waals surface area contributed by atoms with Gasteiger partial charge >= 0.3 is 0 Å². The molecule has 1 saturated carbocycles. The highest BCUT2D eigenvalue weighted by molar-refractivity contribution is 6.30. The van der Waals surface area contributed by atoms with E-state index in [2.05, 4.69) is 38.6 Å². The van der Waals surface area contributed by atoms with Crippen LogP contribution in [0.2, 0.25) is 5.02 Å². The normalized spacial score (nSPS) is 28.0. The monoisotopic (exact) mass is 429 g/mol. The van der Waals surface area contributed by atoms with Crippen molar-refractivity contribution in [3.05, 3.63) is 40.4 Å². The molecule has 3 heterocycles. The van der Waals surface area contributed by atoms with Crippen LogP contribution in [0.1, 0.15) is 48.8 Å². The van der Waals surface area contributed by atoms with Crippen molar-refractivity contribution in [2.75, 3.05) is 40.3 Å². The van der Waals surface area contributed by atoms with Gasteiger partial charge in [-0.05, 0) is 56.5 Å². The van der Waals surface area contributed by atoms with E-state index in [0.29, 0.717) is 5.92 Å². The van der Waals surface area contributed by atoms with E-state index in [1.807, 2.05) is 6.07 Å². The highest BCUT2D eigenvalue weighted by Crippen LogP contribution is 2.37. The summed E-state index contributed by atoms with van der Waals surface area (Å²) in [5, 5.41) is 10.1. The maximum Gasteiger partial charge on any atom is 0.140 e. The molecule has 1 aromatic carbocycles. The minimum Gasteiger partial charge on any atom is -0.381 e. The molecule has 0 bridgehead atoms. The highest BCUT2D eigenvalue weighted by atomic mass is 35.5. The first-order valence-corrected chi connectivity index (χ1v) is 11.7. The van der Waals surface area contributed by atoms with Gasteiger partial charge in [-0.1, -0.05) is 11.6 Å². The number of piperazine rings is 1. The second-order valence-corrected chi connectivity index (χ2v) is 9.63. The topological polar surface area (TPSA) is 46.4 Å². The summed E-state index contributed by atoms with van der Waals surface area (Å²) in [5.74, 6) is 2.61. The summed E-state index contributed by atoms with van der Waals surface area (Å²) >= 11 is 6.32. The summed E-state index contributed by atoms with van der Waals surface area (Å²) in [5.41, 5.74) is 2.40. The number of methoxy groups -OCH3 is 1. The van der Waals surface area contributed by atoms with Gasteiger partial charge in [0.25, 0.3) is 0 Å². The number of halogens is 1. The number of likely N-dealkylation sites (N-methyl/N-ethyl adjacent to an activating group) is 1. The van der Waals surface area contributed by atoms with Crippen molar-refractivity contribution >= 4 is 11.6 Å². The summed E-state index contributed by atoms with van der Waals surface area (Å²) in [6, 6.07) is 6.91. The predicted octanol–water partition coefficient (Wildman–Crippen LogP) is 3.31. The second-order valence-electron chi connectivity index (χ2n) is 9.19. The molecule has 30 heavy (non-hydrogen) atoms. The van der Waals surface area contributed by atoms with E-state index in [9.17, 15) is 0 Å². The first-order valence-electron chi connectivity index (χ1n) is 11.3. The number of hydrogen-bond acceptors (Lipinski definition) is 5. The molecule has 1 aromatic heterocycles. The molecule has 0 N–H and O–H groups in total. The van der Waals surface area contributed by atoms with Crippen LogP contribution >= 0.6 is 11.6 Å². The lowest BCUT2D eigenvalue weighted by Crippen LogP contribution is -2.49. The van der Waals surface area contributed by atoms with Crippen molar-refractivity contribution in [3.8, 4) is 5.69 Å². The quantitative estimate of drug-likeness (QED) is 0.749.